The summed E-state index contributed by atoms with van der Waals surface area (Å²) in [6.07, 6.45) is 1.27. The molecule has 0 atom stereocenters. The molecule has 1 aromatic heterocycles. The number of primary amides is 1. The Morgan fingerprint density at radius 3 is 2.57 bits per heavy atom. The van der Waals surface area contributed by atoms with Crippen LogP contribution in [0.1, 0.15) is 28.8 Å². The Kier molecular flexibility index (Phi) is 5.34. The predicted octanol–water partition coefficient (Wildman–Crippen LogP) is 3.19. The minimum absolute atomic E-state index is 0.0173. The standard InChI is InChI=1S/C21H22N4O2S/c22-19(26)14-9-11-25(12-10-14)20(27)16-6-2-1-5-15(16)13-28-21-23-17-7-3-4-8-18(17)24-21/h1-8,14H,9-13H2,(H2,22,26)(H,23,24). The number of benzene rings is 2. The number of hydrogen-bond acceptors (Lipinski definition) is 4. The van der Waals surface area contributed by atoms with Gasteiger partial charge in [-0.2, -0.15) is 0 Å². The third-order valence-corrected chi connectivity index (χ3v) is 6.09. The number of nitrogens with zero attached hydrogens (tertiary/aromatic N) is 2. The van der Waals surface area contributed by atoms with E-state index in [0.29, 0.717) is 37.2 Å². The first kappa shape index (κ1) is 18.6. The van der Waals surface area contributed by atoms with Gasteiger partial charge in [0, 0.05) is 30.3 Å². The molecule has 144 valence electrons. The van der Waals surface area contributed by atoms with Crippen LogP contribution >= 0.6 is 11.8 Å². The molecule has 1 aliphatic rings. The lowest BCUT2D eigenvalue weighted by atomic mass is 9.95. The smallest absolute Gasteiger partial charge is 0.254 e. The van der Waals surface area contributed by atoms with Crippen molar-refractivity contribution >= 4 is 34.6 Å². The first-order valence-corrected chi connectivity index (χ1v) is 10.3. The molecule has 4 rings (SSSR count). The van der Waals surface area contributed by atoms with Crippen LogP contribution in [0.5, 0.6) is 0 Å². The maximum absolute atomic E-state index is 13.0. The lowest BCUT2D eigenvalue weighted by Gasteiger charge is -2.31. The zero-order valence-corrected chi connectivity index (χ0v) is 16.2. The lowest BCUT2D eigenvalue weighted by Crippen LogP contribution is -2.42. The number of piperidine rings is 1. The van der Waals surface area contributed by atoms with Crippen molar-refractivity contribution < 1.29 is 9.59 Å². The van der Waals surface area contributed by atoms with Crippen LogP contribution in [0, 0.1) is 5.92 Å². The van der Waals surface area contributed by atoms with Crippen molar-refractivity contribution in [2.24, 2.45) is 11.7 Å². The molecule has 1 fully saturated rings. The van der Waals surface area contributed by atoms with Gasteiger partial charge in [-0.15, -0.1) is 0 Å². The van der Waals surface area contributed by atoms with Gasteiger partial charge in [-0.05, 0) is 36.6 Å². The van der Waals surface area contributed by atoms with Gasteiger partial charge in [0.15, 0.2) is 5.16 Å². The van der Waals surface area contributed by atoms with Crippen LogP contribution in [-0.4, -0.2) is 39.8 Å². The van der Waals surface area contributed by atoms with Gasteiger partial charge in [-0.1, -0.05) is 42.1 Å². The molecule has 6 nitrogen and oxygen atoms in total. The molecule has 2 heterocycles. The van der Waals surface area contributed by atoms with Gasteiger partial charge in [0.1, 0.15) is 0 Å². The topological polar surface area (TPSA) is 92.1 Å². The summed E-state index contributed by atoms with van der Waals surface area (Å²) in [6.45, 7) is 1.13. The highest BCUT2D eigenvalue weighted by Gasteiger charge is 2.27. The number of para-hydroxylation sites is 2. The van der Waals surface area contributed by atoms with Crippen molar-refractivity contribution in [3.63, 3.8) is 0 Å². The van der Waals surface area contributed by atoms with Crippen molar-refractivity contribution in [2.45, 2.75) is 23.8 Å². The molecular weight excluding hydrogens is 372 g/mol. The zero-order valence-electron chi connectivity index (χ0n) is 15.4. The van der Waals surface area contributed by atoms with E-state index in [-0.39, 0.29) is 17.7 Å². The molecule has 0 spiro atoms. The van der Waals surface area contributed by atoms with Crippen molar-refractivity contribution in [2.75, 3.05) is 13.1 Å². The summed E-state index contributed by atoms with van der Waals surface area (Å²) in [5, 5.41) is 0.839. The van der Waals surface area contributed by atoms with Crippen LogP contribution < -0.4 is 5.73 Å². The van der Waals surface area contributed by atoms with E-state index in [1.54, 1.807) is 11.8 Å². The fourth-order valence-corrected chi connectivity index (χ4v) is 4.43. The van der Waals surface area contributed by atoms with E-state index in [2.05, 4.69) is 9.97 Å². The van der Waals surface area contributed by atoms with E-state index in [9.17, 15) is 9.59 Å². The molecule has 0 unspecified atom stereocenters. The summed E-state index contributed by atoms with van der Waals surface area (Å²) in [5.41, 5.74) is 9.03. The number of nitrogens with one attached hydrogen (secondary N) is 1. The largest absolute Gasteiger partial charge is 0.369 e. The number of amides is 2. The minimum atomic E-state index is -0.269. The molecule has 2 aromatic carbocycles. The van der Waals surface area contributed by atoms with Crippen molar-refractivity contribution in [3.05, 3.63) is 59.7 Å². The highest BCUT2D eigenvalue weighted by atomic mass is 32.2. The van der Waals surface area contributed by atoms with Crippen molar-refractivity contribution in [1.29, 1.82) is 0 Å². The first-order chi connectivity index (χ1) is 13.6. The second-order valence-electron chi connectivity index (χ2n) is 6.97. The first-order valence-electron chi connectivity index (χ1n) is 9.36. The SMILES string of the molecule is NC(=O)C1CCN(C(=O)c2ccccc2CSc2nc3ccccc3[nH]2)CC1. The third kappa shape index (κ3) is 3.89. The van der Waals surface area contributed by atoms with E-state index in [1.807, 2.05) is 53.4 Å². The molecule has 0 aliphatic carbocycles. The fourth-order valence-electron chi connectivity index (χ4n) is 3.54. The summed E-state index contributed by atoms with van der Waals surface area (Å²) in [5.74, 6) is 0.279. The number of thioether (sulfide) groups is 1. The molecular formula is C21H22N4O2S. The number of carbonyl (C=O) groups excluding carboxylic acids is 2. The molecule has 3 aromatic rings. The van der Waals surface area contributed by atoms with Crippen molar-refractivity contribution in [1.82, 2.24) is 14.9 Å². The molecule has 1 saturated heterocycles. The van der Waals surface area contributed by atoms with Gasteiger partial charge >= 0.3 is 0 Å². The normalized spacial score (nSPS) is 15.1. The Labute approximate surface area is 167 Å². The van der Waals surface area contributed by atoms with Crippen LogP contribution in [0.4, 0.5) is 0 Å². The Morgan fingerprint density at radius 1 is 1.11 bits per heavy atom. The van der Waals surface area contributed by atoms with Gasteiger partial charge in [-0.3, -0.25) is 9.59 Å². The highest BCUT2D eigenvalue weighted by molar-refractivity contribution is 7.98. The summed E-state index contributed by atoms with van der Waals surface area (Å²) in [4.78, 5) is 34.1. The number of nitrogens with two attached hydrogens (primary N) is 1. The minimum Gasteiger partial charge on any atom is -0.369 e. The molecule has 0 bridgehead atoms. The number of H-pyrrole nitrogens is 1. The number of rotatable bonds is 5. The van der Waals surface area contributed by atoms with E-state index in [0.717, 1.165) is 21.8 Å². The van der Waals surface area contributed by atoms with Gasteiger partial charge in [0.2, 0.25) is 5.91 Å². The van der Waals surface area contributed by atoms with Crippen LogP contribution in [0.2, 0.25) is 0 Å². The number of aromatic amines is 1. The van der Waals surface area contributed by atoms with E-state index < -0.39 is 0 Å². The van der Waals surface area contributed by atoms with E-state index >= 15 is 0 Å². The monoisotopic (exact) mass is 394 g/mol. The van der Waals surface area contributed by atoms with Gasteiger partial charge in [0.25, 0.3) is 5.91 Å². The van der Waals surface area contributed by atoms with Gasteiger partial charge < -0.3 is 15.6 Å². The zero-order chi connectivity index (χ0) is 19.5. The van der Waals surface area contributed by atoms with E-state index in [1.165, 1.54) is 0 Å². The average molecular weight is 395 g/mol. The van der Waals surface area contributed by atoms with Gasteiger partial charge in [0.05, 0.1) is 11.0 Å². The molecule has 7 heteroatoms. The lowest BCUT2D eigenvalue weighted by molar-refractivity contribution is -0.123. The second-order valence-corrected chi connectivity index (χ2v) is 7.94. The molecule has 1 aliphatic heterocycles. The number of hydrogen-bond donors (Lipinski definition) is 2. The predicted molar refractivity (Wildman–Crippen MR) is 110 cm³/mol. The fraction of sp³-hybridized carbons (Fsp3) is 0.286. The Morgan fingerprint density at radius 2 is 1.82 bits per heavy atom. The molecule has 0 saturated carbocycles. The Hall–Kier alpha value is -2.80. The second kappa shape index (κ2) is 8.06. The van der Waals surface area contributed by atoms with Gasteiger partial charge in [-0.25, -0.2) is 4.98 Å². The quantitative estimate of drug-likeness (QED) is 0.650. The maximum atomic E-state index is 13.0. The molecule has 2 amide bonds. The Bertz CT molecular complexity index is 975. The number of likely N-dealkylation sites (tertiary alicyclic amines) is 1. The number of imidazole rings is 1. The summed E-state index contributed by atoms with van der Waals surface area (Å²) in [7, 11) is 0. The number of aromatic nitrogens is 2. The summed E-state index contributed by atoms with van der Waals surface area (Å²) < 4.78 is 0. The number of fused-ring (bicyclic) bond motifs is 1. The van der Waals surface area contributed by atoms with Crippen LogP contribution in [0.15, 0.2) is 53.7 Å². The summed E-state index contributed by atoms with van der Waals surface area (Å²) >= 11 is 1.58. The molecule has 0 radical (unpaired) electrons. The Balaban J connectivity index is 1.46. The third-order valence-electron chi connectivity index (χ3n) is 5.16. The molecule has 28 heavy (non-hydrogen) atoms. The number of carbonyl (C=O) groups is 2. The molecule has 3 N–H and O–H groups in total. The van der Waals surface area contributed by atoms with Crippen LogP contribution in [0.3, 0.4) is 0 Å². The van der Waals surface area contributed by atoms with Crippen molar-refractivity contribution in [3.8, 4) is 0 Å². The van der Waals surface area contributed by atoms with E-state index in [4.69, 9.17) is 5.73 Å². The van der Waals surface area contributed by atoms with Crippen LogP contribution in [-0.2, 0) is 10.5 Å². The summed E-state index contributed by atoms with van der Waals surface area (Å²) in [6, 6.07) is 15.6. The maximum Gasteiger partial charge on any atom is 0.254 e. The average Bonchev–Trinajstić information content (AvgIpc) is 3.15. The highest BCUT2D eigenvalue weighted by Crippen LogP contribution is 2.26. The van der Waals surface area contributed by atoms with Crippen LogP contribution in [0.25, 0.3) is 11.0 Å².